The van der Waals surface area contributed by atoms with Crippen LogP contribution >= 0.6 is 0 Å². The molecule has 27 heavy (non-hydrogen) atoms. The average molecular weight is 371 g/mol. The molecule has 0 saturated carbocycles. The lowest BCUT2D eigenvalue weighted by Crippen LogP contribution is -2.40. The first-order chi connectivity index (χ1) is 13.0. The van der Waals surface area contributed by atoms with E-state index in [0.717, 1.165) is 11.1 Å². The smallest absolute Gasteiger partial charge is 0.310 e. The Bertz CT molecular complexity index is 726. The minimum Gasteiger partial charge on any atom is -0.493 e. The van der Waals surface area contributed by atoms with Crippen molar-refractivity contribution >= 4 is 5.97 Å². The van der Waals surface area contributed by atoms with Crippen LogP contribution in [0.2, 0.25) is 0 Å². The van der Waals surface area contributed by atoms with Crippen molar-refractivity contribution in [3.8, 4) is 11.5 Å². The van der Waals surface area contributed by atoms with Crippen molar-refractivity contribution in [2.45, 2.75) is 39.8 Å². The highest BCUT2D eigenvalue weighted by molar-refractivity contribution is 5.74. The Labute approximate surface area is 161 Å². The van der Waals surface area contributed by atoms with Gasteiger partial charge in [-0.05, 0) is 36.1 Å². The summed E-state index contributed by atoms with van der Waals surface area (Å²) in [5.41, 5.74) is 1.38. The van der Waals surface area contributed by atoms with Crippen LogP contribution in [0.4, 0.5) is 0 Å². The number of carboxylic acid groups (broad SMARTS) is 1. The van der Waals surface area contributed by atoms with E-state index in [1.54, 1.807) is 7.11 Å². The SMILES string of the molecule is CCC(CC)(CNCc1ccc(OC)c(OCc2ccccc2)c1)C(=O)O. The molecule has 2 aromatic carbocycles. The van der Waals surface area contributed by atoms with Gasteiger partial charge in [0.1, 0.15) is 6.61 Å². The van der Waals surface area contributed by atoms with Gasteiger partial charge in [-0.1, -0.05) is 50.2 Å². The largest absolute Gasteiger partial charge is 0.493 e. The van der Waals surface area contributed by atoms with Crippen LogP contribution in [0.15, 0.2) is 48.5 Å². The van der Waals surface area contributed by atoms with Gasteiger partial charge in [0.25, 0.3) is 0 Å². The molecule has 2 aromatic rings. The third kappa shape index (κ3) is 5.47. The fourth-order valence-electron chi connectivity index (χ4n) is 3.00. The molecule has 0 aliphatic heterocycles. The standard InChI is InChI=1S/C22H29NO4/c1-4-22(5-2,21(24)25)16-23-14-18-11-12-19(26-3)20(13-18)27-15-17-9-7-6-8-10-17/h6-13,23H,4-5,14-16H2,1-3H3,(H,24,25). The average Bonchev–Trinajstić information content (AvgIpc) is 2.70. The Morgan fingerprint density at radius 1 is 1.04 bits per heavy atom. The summed E-state index contributed by atoms with van der Waals surface area (Å²) in [5.74, 6) is 0.606. The van der Waals surface area contributed by atoms with Gasteiger partial charge in [0.05, 0.1) is 12.5 Å². The van der Waals surface area contributed by atoms with Crippen LogP contribution in [0.3, 0.4) is 0 Å². The van der Waals surface area contributed by atoms with Gasteiger partial charge in [-0.15, -0.1) is 0 Å². The van der Waals surface area contributed by atoms with Crippen molar-refractivity contribution in [1.82, 2.24) is 5.32 Å². The van der Waals surface area contributed by atoms with E-state index in [1.807, 2.05) is 62.4 Å². The van der Waals surface area contributed by atoms with E-state index in [4.69, 9.17) is 9.47 Å². The van der Waals surface area contributed by atoms with Crippen LogP contribution in [-0.2, 0) is 17.9 Å². The lowest BCUT2D eigenvalue weighted by molar-refractivity contribution is -0.149. The molecule has 0 aromatic heterocycles. The zero-order valence-electron chi connectivity index (χ0n) is 16.3. The number of rotatable bonds is 11. The third-order valence-corrected chi connectivity index (χ3v) is 5.06. The Morgan fingerprint density at radius 3 is 2.33 bits per heavy atom. The molecule has 2 rings (SSSR count). The van der Waals surface area contributed by atoms with E-state index in [1.165, 1.54) is 0 Å². The number of ether oxygens (including phenoxy) is 2. The van der Waals surface area contributed by atoms with Crippen molar-refractivity contribution in [1.29, 1.82) is 0 Å². The molecular weight excluding hydrogens is 342 g/mol. The first-order valence-electron chi connectivity index (χ1n) is 9.32. The van der Waals surface area contributed by atoms with Gasteiger partial charge in [0.15, 0.2) is 11.5 Å². The van der Waals surface area contributed by atoms with E-state index in [-0.39, 0.29) is 0 Å². The second-order valence-electron chi connectivity index (χ2n) is 6.66. The molecule has 0 aliphatic carbocycles. The maximum absolute atomic E-state index is 11.6. The number of hydrogen-bond donors (Lipinski definition) is 2. The number of hydrogen-bond acceptors (Lipinski definition) is 4. The Morgan fingerprint density at radius 2 is 1.74 bits per heavy atom. The lowest BCUT2D eigenvalue weighted by atomic mass is 9.82. The summed E-state index contributed by atoms with van der Waals surface area (Å²) in [5, 5.41) is 12.8. The van der Waals surface area contributed by atoms with E-state index >= 15 is 0 Å². The topological polar surface area (TPSA) is 67.8 Å². The fourth-order valence-corrected chi connectivity index (χ4v) is 3.00. The normalized spacial score (nSPS) is 11.2. The third-order valence-electron chi connectivity index (χ3n) is 5.06. The van der Waals surface area contributed by atoms with Crippen LogP contribution in [0, 0.1) is 5.41 Å². The highest BCUT2D eigenvalue weighted by Crippen LogP contribution is 2.29. The number of carbonyl (C=O) groups is 1. The van der Waals surface area contributed by atoms with Gasteiger partial charge in [-0.3, -0.25) is 4.79 Å². The Hall–Kier alpha value is -2.53. The highest BCUT2D eigenvalue weighted by atomic mass is 16.5. The summed E-state index contributed by atoms with van der Waals surface area (Å²) in [6.07, 6.45) is 1.19. The molecule has 0 saturated heterocycles. The summed E-state index contributed by atoms with van der Waals surface area (Å²) in [6, 6.07) is 15.7. The minimum atomic E-state index is -0.749. The van der Waals surface area contributed by atoms with Crippen molar-refractivity contribution in [2.75, 3.05) is 13.7 Å². The van der Waals surface area contributed by atoms with E-state index in [0.29, 0.717) is 44.0 Å². The summed E-state index contributed by atoms with van der Waals surface area (Å²) >= 11 is 0. The Kier molecular flexibility index (Phi) is 7.67. The van der Waals surface area contributed by atoms with Crippen molar-refractivity contribution in [2.24, 2.45) is 5.41 Å². The molecule has 0 aliphatic rings. The highest BCUT2D eigenvalue weighted by Gasteiger charge is 2.34. The van der Waals surface area contributed by atoms with E-state index in [9.17, 15) is 9.90 Å². The van der Waals surface area contributed by atoms with Crippen LogP contribution in [0.5, 0.6) is 11.5 Å². The van der Waals surface area contributed by atoms with Crippen LogP contribution in [0.1, 0.15) is 37.8 Å². The van der Waals surface area contributed by atoms with Crippen molar-refractivity contribution in [3.05, 3.63) is 59.7 Å². The Balaban J connectivity index is 2.02. The van der Waals surface area contributed by atoms with Gasteiger partial charge in [-0.2, -0.15) is 0 Å². The van der Waals surface area contributed by atoms with Gasteiger partial charge in [0, 0.05) is 13.1 Å². The quantitative estimate of drug-likeness (QED) is 0.618. The van der Waals surface area contributed by atoms with Crippen LogP contribution in [0.25, 0.3) is 0 Å². The van der Waals surface area contributed by atoms with Crippen LogP contribution < -0.4 is 14.8 Å². The number of aliphatic carboxylic acids is 1. The summed E-state index contributed by atoms with van der Waals surface area (Å²) in [7, 11) is 1.62. The van der Waals surface area contributed by atoms with Gasteiger partial charge >= 0.3 is 5.97 Å². The molecule has 0 unspecified atom stereocenters. The van der Waals surface area contributed by atoms with Gasteiger partial charge < -0.3 is 19.9 Å². The lowest BCUT2D eigenvalue weighted by Gasteiger charge is -2.27. The maximum atomic E-state index is 11.6. The molecule has 5 heteroatoms. The summed E-state index contributed by atoms with van der Waals surface area (Å²) < 4.78 is 11.3. The van der Waals surface area contributed by atoms with Crippen molar-refractivity contribution in [3.63, 3.8) is 0 Å². The molecule has 0 fully saturated rings. The fraction of sp³-hybridized carbons (Fsp3) is 0.409. The predicted molar refractivity (Wildman–Crippen MR) is 106 cm³/mol. The monoisotopic (exact) mass is 371 g/mol. The van der Waals surface area contributed by atoms with Crippen LogP contribution in [-0.4, -0.2) is 24.7 Å². The molecule has 0 radical (unpaired) electrons. The first-order valence-corrected chi connectivity index (χ1v) is 9.32. The number of benzene rings is 2. The molecule has 0 amide bonds. The number of carboxylic acids is 1. The second-order valence-corrected chi connectivity index (χ2v) is 6.66. The molecule has 2 N–H and O–H groups in total. The minimum absolute atomic E-state index is 0.432. The first kappa shape index (κ1) is 20.8. The molecule has 0 atom stereocenters. The van der Waals surface area contributed by atoms with E-state index < -0.39 is 11.4 Å². The van der Waals surface area contributed by atoms with Crippen molar-refractivity contribution < 1.29 is 19.4 Å². The maximum Gasteiger partial charge on any atom is 0.310 e. The molecule has 0 heterocycles. The molecule has 146 valence electrons. The number of methoxy groups -OCH3 is 1. The summed E-state index contributed by atoms with van der Waals surface area (Å²) in [6.45, 7) is 5.30. The molecule has 0 spiro atoms. The zero-order chi connectivity index (χ0) is 19.7. The zero-order valence-corrected chi connectivity index (χ0v) is 16.3. The number of nitrogens with one attached hydrogen (secondary N) is 1. The molecular formula is C22H29NO4. The second kappa shape index (κ2) is 9.97. The van der Waals surface area contributed by atoms with Gasteiger partial charge in [0.2, 0.25) is 0 Å². The predicted octanol–water partition coefficient (Wildman–Crippen LogP) is 4.25. The van der Waals surface area contributed by atoms with Gasteiger partial charge in [-0.25, -0.2) is 0 Å². The van der Waals surface area contributed by atoms with E-state index in [2.05, 4.69) is 5.32 Å². The molecule has 5 nitrogen and oxygen atoms in total. The molecule has 0 bridgehead atoms. The summed E-state index contributed by atoms with van der Waals surface area (Å²) in [4.78, 5) is 11.6.